The molecule has 0 aliphatic rings. The molecule has 0 aromatic carbocycles. The smallest absolute Gasteiger partial charge is 0.155 e. The highest BCUT2D eigenvalue weighted by Gasteiger charge is 2.15. The van der Waals surface area contributed by atoms with E-state index < -0.39 is 6.29 Å². The molecule has 62 valence electrons. The number of hydrogen-bond acceptors (Lipinski definition) is 3. The number of thiol groups is 1. The van der Waals surface area contributed by atoms with E-state index in [2.05, 4.69) is 26.5 Å². The van der Waals surface area contributed by atoms with Crippen molar-refractivity contribution in [2.45, 2.75) is 26.6 Å². The summed E-state index contributed by atoms with van der Waals surface area (Å²) in [5, 5.41) is 17.5. The third kappa shape index (κ3) is 4.14. The van der Waals surface area contributed by atoms with Gasteiger partial charge in [-0.25, -0.2) is 0 Å². The second-order valence-corrected chi connectivity index (χ2v) is 3.35. The van der Waals surface area contributed by atoms with Gasteiger partial charge in [-0.3, -0.25) is 0 Å². The van der Waals surface area contributed by atoms with E-state index in [4.69, 9.17) is 10.2 Å². The highest BCUT2D eigenvalue weighted by molar-refractivity contribution is 7.80. The minimum atomic E-state index is -1.21. The van der Waals surface area contributed by atoms with Gasteiger partial charge in [0.2, 0.25) is 0 Å². The molecule has 0 fully saturated rings. The predicted molar refractivity (Wildman–Crippen MR) is 45.0 cm³/mol. The van der Waals surface area contributed by atoms with Crippen molar-refractivity contribution in [3.63, 3.8) is 0 Å². The molecular weight excluding hydrogens is 148 g/mol. The zero-order valence-electron chi connectivity index (χ0n) is 6.49. The Balaban J connectivity index is 3.60. The zero-order chi connectivity index (χ0) is 8.15. The molecule has 0 radical (unpaired) electrons. The Morgan fingerprint density at radius 1 is 1.30 bits per heavy atom. The topological polar surface area (TPSA) is 40.5 Å². The first-order valence-corrected chi connectivity index (χ1v) is 4.18. The zero-order valence-corrected chi connectivity index (χ0v) is 7.38. The van der Waals surface area contributed by atoms with Crippen LogP contribution in [0.25, 0.3) is 0 Å². The molecule has 10 heavy (non-hydrogen) atoms. The predicted octanol–water partition coefficient (Wildman–Crippen LogP) is 0.889. The fourth-order valence-corrected chi connectivity index (χ4v) is 1.23. The lowest BCUT2D eigenvalue weighted by atomic mass is 9.98. The van der Waals surface area contributed by atoms with Crippen molar-refractivity contribution < 1.29 is 10.2 Å². The SMILES string of the molecule is CC(C)CC(CS)C(O)O. The maximum atomic E-state index is 8.77. The monoisotopic (exact) mass is 164 g/mol. The summed E-state index contributed by atoms with van der Waals surface area (Å²) in [6.45, 7) is 4.11. The average molecular weight is 164 g/mol. The van der Waals surface area contributed by atoms with Gasteiger partial charge < -0.3 is 10.2 Å². The van der Waals surface area contributed by atoms with Gasteiger partial charge in [-0.15, -0.1) is 0 Å². The van der Waals surface area contributed by atoms with Crippen LogP contribution in [0.2, 0.25) is 0 Å². The molecule has 3 heteroatoms. The molecule has 0 rings (SSSR count). The molecular formula is C7H16O2S. The van der Waals surface area contributed by atoms with Crippen LogP contribution in [0.4, 0.5) is 0 Å². The maximum Gasteiger partial charge on any atom is 0.155 e. The Morgan fingerprint density at radius 3 is 1.90 bits per heavy atom. The summed E-state index contributed by atoms with van der Waals surface area (Å²) < 4.78 is 0. The lowest BCUT2D eigenvalue weighted by molar-refractivity contribution is -0.0814. The molecule has 0 spiro atoms. The van der Waals surface area contributed by atoms with Gasteiger partial charge >= 0.3 is 0 Å². The van der Waals surface area contributed by atoms with Gasteiger partial charge in [0.25, 0.3) is 0 Å². The first kappa shape index (κ1) is 10.3. The van der Waals surface area contributed by atoms with Crippen LogP contribution in [0, 0.1) is 11.8 Å². The van der Waals surface area contributed by atoms with E-state index in [1.807, 2.05) is 0 Å². The van der Waals surface area contributed by atoms with Crippen molar-refractivity contribution >= 4 is 12.6 Å². The lowest BCUT2D eigenvalue weighted by Crippen LogP contribution is -2.22. The van der Waals surface area contributed by atoms with Crippen molar-refractivity contribution in [1.82, 2.24) is 0 Å². The van der Waals surface area contributed by atoms with Crippen molar-refractivity contribution in [2.75, 3.05) is 5.75 Å². The van der Waals surface area contributed by atoms with E-state index in [1.165, 1.54) is 0 Å². The number of aliphatic hydroxyl groups excluding tert-OH is 1. The molecule has 1 unspecified atom stereocenters. The van der Waals surface area contributed by atoms with Crippen LogP contribution in [-0.4, -0.2) is 22.3 Å². The summed E-state index contributed by atoms with van der Waals surface area (Å²) >= 11 is 4.01. The van der Waals surface area contributed by atoms with E-state index in [0.717, 1.165) is 6.42 Å². The van der Waals surface area contributed by atoms with Gasteiger partial charge in [0.1, 0.15) is 0 Å². The maximum absolute atomic E-state index is 8.77. The fourth-order valence-electron chi connectivity index (χ4n) is 0.896. The molecule has 1 atom stereocenters. The van der Waals surface area contributed by atoms with E-state index in [9.17, 15) is 0 Å². The summed E-state index contributed by atoms with van der Waals surface area (Å²) in [5.74, 6) is 0.956. The summed E-state index contributed by atoms with van der Waals surface area (Å²) in [6, 6.07) is 0. The summed E-state index contributed by atoms with van der Waals surface area (Å²) in [4.78, 5) is 0. The molecule has 0 aliphatic heterocycles. The highest BCUT2D eigenvalue weighted by atomic mass is 32.1. The molecule has 2 N–H and O–H groups in total. The van der Waals surface area contributed by atoms with Gasteiger partial charge in [-0.2, -0.15) is 12.6 Å². The molecule has 2 nitrogen and oxygen atoms in total. The van der Waals surface area contributed by atoms with E-state index in [-0.39, 0.29) is 5.92 Å². The Hall–Kier alpha value is 0.270. The quantitative estimate of drug-likeness (QED) is 0.426. The molecule has 0 heterocycles. The number of rotatable bonds is 4. The van der Waals surface area contributed by atoms with Crippen molar-refractivity contribution in [3.05, 3.63) is 0 Å². The molecule has 0 bridgehead atoms. The average Bonchev–Trinajstić information content (AvgIpc) is 1.81. The van der Waals surface area contributed by atoms with Gasteiger partial charge in [0.05, 0.1) is 0 Å². The van der Waals surface area contributed by atoms with Crippen LogP contribution in [-0.2, 0) is 0 Å². The number of aliphatic hydroxyl groups is 2. The lowest BCUT2D eigenvalue weighted by Gasteiger charge is -2.17. The largest absolute Gasteiger partial charge is 0.368 e. The molecule has 0 amide bonds. The van der Waals surface area contributed by atoms with Crippen molar-refractivity contribution in [3.8, 4) is 0 Å². The Labute approximate surface area is 67.7 Å². The Morgan fingerprint density at radius 2 is 1.80 bits per heavy atom. The van der Waals surface area contributed by atoms with E-state index >= 15 is 0 Å². The third-order valence-electron chi connectivity index (χ3n) is 1.43. The summed E-state index contributed by atoms with van der Waals surface area (Å²) in [7, 11) is 0. The first-order valence-electron chi connectivity index (χ1n) is 3.55. The van der Waals surface area contributed by atoms with Crippen molar-refractivity contribution in [1.29, 1.82) is 0 Å². The second-order valence-electron chi connectivity index (χ2n) is 2.99. The van der Waals surface area contributed by atoms with Crippen LogP contribution < -0.4 is 0 Å². The van der Waals surface area contributed by atoms with E-state index in [1.54, 1.807) is 0 Å². The molecule has 0 saturated carbocycles. The highest BCUT2D eigenvalue weighted by Crippen LogP contribution is 2.15. The Kier molecular flexibility index (Phi) is 5.13. The standard InChI is InChI=1S/C7H16O2S/c1-5(2)3-6(4-10)7(8)9/h5-10H,3-4H2,1-2H3. The Bertz CT molecular complexity index is 83.7. The minimum Gasteiger partial charge on any atom is -0.368 e. The molecule has 0 aliphatic carbocycles. The van der Waals surface area contributed by atoms with Gasteiger partial charge in [0.15, 0.2) is 6.29 Å². The van der Waals surface area contributed by atoms with Gasteiger partial charge in [-0.05, 0) is 18.1 Å². The normalized spacial score (nSPS) is 14.7. The van der Waals surface area contributed by atoms with E-state index in [0.29, 0.717) is 11.7 Å². The number of hydrogen-bond donors (Lipinski definition) is 3. The summed E-state index contributed by atoms with van der Waals surface area (Å²) in [6.07, 6.45) is -0.388. The third-order valence-corrected chi connectivity index (χ3v) is 1.90. The first-order chi connectivity index (χ1) is 4.57. The van der Waals surface area contributed by atoms with Crippen LogP contribution in [0.15, 0.2) is 0 Å². The second kappa shape index (κ2) is 4.99. The van der Waals surface area contributed by atoms with Crippen LogP contribution in [0.1, 0.15) is 20.3 Å². The molecule has 0 aromatic heterocycles. The molecule has 0 aromatic rings. The fraction of sp³-hybridized carbons (Fsp3) is 1.00. The molecule has 0 saturated heterocycles. The van der Waals surface area contributed by atoms with Crippen molar-refractivity contribution in [2.24, 2.45) is 11.8 Å². The van der Waals surface area contributed by atoms with Crippen LogP contribution in [0.3, 0.4) is 0 Å². The van der Waals surface area contributed by atoms with Gasteiger partial charge in [-0.1, -0.05) is 13.8 Å². The van der Waals surface area contributed by atoms with Crippen LogP contribution in [0.5, 0.6) is 0 Å². The van der Waals surface area contributed by atoms with Gasteiger partial charge in [0, 0.05) is 5.92 Å². The minimum absolute atomic E-state index is 0.0802. The van der Waals surface area contributed by atoms with Crippen LogP contribution >= 0.6 is 12.6 Å². The summed E-state index contributed by atoms with van der Waals surface area (Å²) in [5.41, 5.74) is 0.